The summed E-state index contributed by atoms with van der Waals surface area (Å²) in [6.07, 6.45) is 9.24. The van der Waals surface area contributed by atoms with Crippen LogP contribution in [0.2, 0.25) is 0 Å². The van der Waals surface area contributed by atoms with Crippen LogP contribution in [0.1, 0.15) is 68.6 Å². The molecule has 2 aromatic rings. The average molecular weight is 381 g/mol. The van der Waals surface area contributed by atoms with Crippen LogP contribution in [0.25, 0.3) is 0 Å². The van der Waals surface area contributed by atoms with Crippen molar-refractivity contribution < 1.29 is 9.53 Å². The summed E-state index contributed by atoms with van der Waals surface area (Å²) in [4.78, 5) is 11.8. The number of benzene rings is 2. The van der Waals surface area contributed by atoms with Gasteiger partial charge >= 0.3 is 0 Å². The van der Waals surface area contributed by atoms with Gasteiger partial charge in [-0.25, -0.2) is 5.43 Å². The number of nitrogens with one attached hydrogen (secondary N) is 1. The van der Waals surface area contributed by atoms with Gasteiger partial charge in [-0.2, -0.15) is 5.10 Å². The van der Waals surface area contributed by atoms with Crippen LogP contribution >= 0.6 is 0 Å². The largest absolute Gasteiger partial charge is 0.489 e. The molecule has 0 fully saturated rings. The predicted molar refractivity (Wildman–Crippen MR) is 116 cm³/mol. The summed E-state index contributed by atoms with van der Waals surface area (Å²) in [5, 5.41) is 4.04. The molecule has 0 spiro atoms. The van der Waals surface area contributed by atoms with Crippen molar-refractivity contribution in [2.45, 2.75) is 65.4 Å². The van der Waals surface area contributed by atoms with Gasteiger partial charge in [0, 0.05) is 6.42 Å². The lowest BCUT2D eigenvalue weighted by Gasteiger charge is -2.07. The third-order valence-corrected chi connectivity index (χ3v) is 4.57. The lowest BCUT2D eigenvalue weighted by Crippen LogP contribution is -2.16. The summed E-state index contributed by atoms with van der Waals surface area (Å²) >= 11 is 0. The van der Waals surface area contributed by atoms with E-state index in [9.17, 15) is 4.79 Å². The molecule has 0 heterocycles. The van der Waals surface area contributed by atoms with Crippen molar-refractivity contribution in [2.24, 2.45) is 5.10 Å². The fourth-order valence-corrected chi connectivity index (χ4v) is 2.80. The van der Waals surface area contributed by atoms with Crippen molar-refractivity contribution in [3.8, 4) is 5.75 Å². The van der Waals surface area contributed by atoms with Gasteiger partial charge in [0.15, 0.2) is 0 Å². The molecule has 0 atom stereocenters. The first-order valence-electron chi connectivity index (χ1n) is 10.3. The van der Waals surface area contributed by atoms with Gasteiger partial charge in [-0.3, -0.25) is 4.79 Å². The van der Waals surface area contributed by atoms with Crippen molar-refractivity contribution in [2.75, 3.05) is 0 Å². The van der Waals surface area contributed by atoms with E-state index < -0.39 is 0 Å². The molecule has 150 valence electrons. The zero-order valence-electron chi connectivity index (χ0n) is 17.1. The summed E-state index contributed by atoms with van der Waals surface area (Å²) in [6.45, 7) is 4.82. The predicted octanol–water partition coefficient (Wildman–Crippen LogP) is 5.77. The number of aryl methyl sites for hydroxylation is 1. The Balaban J connectivity index is 1.65. The molecule has 4 nitrogen and oxygen atoms in total. The number of ether oxygens (including phenoxy) is 1. The number of unbranched alkanes of at least 4 members (excludes halogenated alkanes) is 5. The first kappa shape index (κ1) is 21.7. The second-order valence-corrected chi connectivity index (χ2v) is 7.15. The summed E-state index contributed by atoms with van der Waals surface area (Å²) in [7, 11) is 0. The van der Waals surface area contributed by atoms with Crippen LogP contribution in [0.15, 0.2) is 53.6 Å². The van der Waals surface area contributed by atoms with Gasteiger partial charge in [0.25, 0.3) is 0 Å². The molecule has 0 unspecified atom stereocenters. The van der Waals surface area contributed by atoms with Crippen molar-refractivity contribution in [3.05, 3.63) is 65.2 Å². The molecular weight excluding hydrogens is 348 g/mol. The van der Waals surface area contributed by atoms with Gasteiger partial charge in [-0.1, -0.05) is 68.9 Å². The average Bonchev–Trinajstić information content (AvgIpc) is 2.71. The Morgan fingerprint density at radius 3 is 2.36 bits per heavy atom. The highest BCUT2D eigenvalue weighted by atomic mass is 16.5. The van der Waals surface area contributed by atoms with E-state index in [1.165, 1.54) is 31.2 Å². The van der Waals surface area contributed by atoms with Crippen molar-refractivity contribution >= 4 is 12.1 Å². The smallest absolute Gasteiger partial charge is 0.240 e. The highest BCUT2D eigenvalue weighted by Crippen LogP contribution is 2.14. The highest BCUT2D eigenvalue weighted by molar-refractivity contribution is 5.82. The maximum atomic E-state index is 11.8. The number of rotatable bonds is 12. The molecule has 1 amide bonds. The standard InChI is InChI=1S/C24H32N2O2/c1-3-4-5-6-7-8-9-24(27)26-25-18-21-14-16-23(17-15-21)28-19-22-12-10-20(2)11-13-22/h10-18H,3-9,19H2,1-2H3,(H,26,27). The molecule has 0 aliphatic rings. The second kappa shape index (κ2) is 12.7. The van der Waals surface area contributed by atoms with E-state index in [1.54, 1.807) is 6.21 Å². The van der Waals surface area contributed by atoms with E-state index in [2.05, 4.69) is 48.6 Å². The van der Waals surface area contributed by atoms with E-state index >= 15 is 0 Å². The normalized spacial score (nSPS) is 10.9. The Labute approximate surface area is 169 Å². The van der Waals surface area contributed by atoms with Crippen LogP contribution in [0, 0.1) is 6.92 Å². The Morgan fingerprint density at radius 2 is 1.64 bits per heavy atom. The van der Waals surface area contributed by atoms with E-state index in [-0.39, 0.29) is 5.91 Å². The van der Waals surface area contributed by atoms with Gasteiger partial charge in [0.05, 0.1) is 6.21 Å². The molecule has 2 rings (SSSR count). The van der Waals surface area contributed by atoms with Crippen LogP contribution in [-0.2, 0) is 11.4 Å². The zero-order chi connectivity index (χ0) is 20.0. The summed E-state index contributed by atoms with van der Waals surface area (Å²) in [6, 6.07) is 16.0. The number of carbonyl (C=O) groups is 1. The van der Waals surface area contributed by atoms with Crippen LogP contribution in [0.5, 0.6) is 5.75 Å². The molecule has 0 radical (unpaired) electrons. The van der Waals surface area contributed by atoms with Crippen molar-refractivity contribution in [1.82, 2.24) is 5.43 Å². The molecule has 1 N–H and O–H groups in total. The fourth-order valence-electron chi connectivity index (χ4n) is 2.80. The van der Waals surface area contributed by atoms with Gasteiger partial charge in [0.1, 0.15) is 12.4 Å². The van der Waals surface area contributed by atoms with Gasteiger partial charge in [0.2, 0.25) is 5.91 Å². The monoisotopic (exact) mass is 380 g/mol. The van der Waals surface area contributed by atoms with E-state index in [0.717, 1.165) is 29.7 Å². The maximum absolute atomic E-state index is 11.8. The molecule has 0 saturated heterocycles. The molecule has 0 aliphatic heterocycles. The first-order valence-corrected chi connectivity index (χ1v) is 10.3. The van der Waals surface area contributed by atoms with Crippen LogP contribution in [0.3, 0.4) is 0 Å². The van der Waals surface area contributed by atoms with E-state index in [1.807, 2.05) is 24.3 Å². The minimum absolute atomic E-state index is 0.0233. The molecule has 28 heavy (non-hydrogen) atoms. The topological polar surface area (TPSA) is 50.7 Å². The van der Waals surface area contributed by atoms with E-state index in [4.69, 9.17) is 4.74 Å². The molecule has 0 aromatic heterocycles. The Kier molecular flexibility index (Phi) is 9.84. The molecule has 0 saturated carbocycles. The minimum atomic E-state index is -0.0233. The molecule has 2 aromatic carbocycles. The Morgan fingerprint density at radius 1 is 0.964 bits per heavy atom. The summed E-state index contributed by atoms with van der Waals surface area (Å²) in [5.41, 5.74) is 5.90. The third kappa shape index (κ3) is 8.85. The van der Waals surface area contributed by atoms with Crippen LogP contribution in [-0.4, -0.2) is 12.1 Å². The fraction of sp³-hybridized carbons (Fsp3) is 0.417. The van der Waals surface area contributed by atoms with Crippen molar-refractivity contribution in [1.29, 1.82) is 0 Å². The Hall–Kier alpha value is -2.62. The highest BCUT2D eigenvalue weighted by Gasteiger charge is 2.00. The van der Waals surface area contributed by atoms with Gasteiger partial charge in [-0.15, -0.1) is 0 Å². The summed E-state index contributed by atoms with van der Waals surface area (Å²) in [5.74, 6) is 0.787. The molecule has 0 aliphatic carbocycles. The molecule has 0 bridgehead atoms. The number of hydrogen-bond donors (Lipinski definition) is 1. The van der Waals surface area contributed by atoms with E-state index in [0.29, 0.717) is 13.0 Å². The number of hydrazone groups is 1. The zero-order valence-corrected chi connectivity index (χ0v) is 17.1. The first-order chi connectivity index (χ1) is 13.7. The Bertz CT molecular complexity index is 721. The quantitative estimate of drug-likeness (QED) is 0.288. The lowest BCUT2D eigenvalue weighted by molar-refractivity contribution is -0.121. The van der Waals surface area contributed by atoms with Crippen LogP contribution < -0.4 is 10.2 Å². The lowest BCUT2D eigenvalue weighted by atomic mass is 10.1. The molecular formula is C24H32N2O2. The van der Waals surface area contributed by atoms with Crippen molar-refractivity contribution in [3.63, 3.8) is 0 Å². The van der Waals surface area contributed by atoms with Gasteiger partial charge in [-0.05, 0) is 48.7 Å². The van der Waals surface area contributed by atoms with Crippen LogP contribution in [0.4, 0.5) is 0 Å². The summed E-state index contributed by atoms with van der Waals surface area (Å²) < 4.78 is 5.79. The number of hydrogen-bond acceptors (Lipinski definition) is 3. The number of nitrogens with zero attached hydrogens (tertiary/aromatic N) is 1. The maximum Gasteiger partial charge on any atom is 0.240 e. The minimum Gasteiger partial charge on any atom is -0.489 e. The SMILES string of the molecule is CCCCCCCCC(=O)NN=Cc1ccc(OCc2ccc(C)cc2)cc1. The number of carbonyl (C=O) groups excluding carboxylic acids is 1. The third-order valence-electron chi connectivity index (χ3n) is 4.57. The second-order valence-electron chi connectivity index (χ2n) is 7.15. The number of amides is 1. The molecule has 4 heteroatoms. The van der Waals surface area contributed by atoms with Gasteiger partial charge < -0.3 is 4.74 Å².